The van der Waals surface area contributed by atoms with Crippen LogP contribution in [0.1, 0.15) is 32.0 Å². The molecule has 0 unspecified atom stereocenters. The topological polar surface area (TPSA) is 67.6 Å². The second-order valence-corrected chi connectivity index (χ2v) is 7.27. The molecular formula is C19H27N3O3. The van der Waals surface area contributed by atoms with Crippen LogP contribution < -0.4 is 10.1 Å². The molecule has 0 spiro atoms. The summed E-state index contributed by atoms with van der Waals surface area (Å²) in [4.78, 5) is 14.0. The number of aryl methyl sites for hydroxylation is 1. The van der Waals surface area contributed by atoms with Gasteiger partial charge in [0.05, 0.1) is 12.2 Å². The lowest BCUT2D eigenvalue weighted by Crippen LogP contribution is -2.33. The summed E-state index contributed by atoms with van der Waals surface area (Å²) in [6, 6.07) is 9.67. The van der Waals surface area contributed by atoms with Crippen molar-refractivity contribution in [2.24, 2.45) is 0 Å². The zero-order valence-electron chi connectivity index (χ0n) is 15.6. The Morgan fingerprint density at radius 3 is 2.56 bits per heavy atom. The van der Waals surface area contributed by atoms with Gasteiger partial charge in [-0.25, -0.2) is 0 Å². The zero-order chi connectivity index (χ0) is 18.4. The van der Waals surface area contributed by atoms with Gasteiger partial charge in [0.25, 0.3) is 0 Å². The Balaban J connectivity index is 1.72. The Morgan fingerprint density at radius 1 is 1.28 bits per heavy atom. The van der Waals surface area contributed by atoms with Crippen molar-refractivity contribution in [3.63, 3.8) is 0 Å². The van der Waals surface area contributed by atoms with E-state index in [0.717, 1.165) is 11.4 Å². The molecule has 1 N–H and O–H groups in total. The number of aromatic nitrogens is 1. The van der Waals surface area contributed by atoms with Gasteiger partial charge in [0.2, 0.25) is 11.8 Å². The van der Waals surface area contributed by atoms with E-state index in [1.807, 2.05) is 63.9 Å². The number of likely N-dealkylation sites (N-methyl/N-ethyl adjacent to an activating group) is 1. The highest BCUT2D eigenvalue weighted by atomic mass is 16.5. The van der Waals surface area contributed by atoms with Gasteiger partial charge in [-0.1, -0.05) is 43.6 Å². The predicted molar refractivity (Wildman–Crippen MR) is 98.0 cm³/mol. The highest BCUT2D eigenvalue weighted by molar-refractivity contribution is 5.90. The van der Waals surface area contributed by atoms with Crippen molar-refractivity contribution in [3.05, 3.63) is 41.6 Å². The average Bonchev–Trinajstić information content (AvgIpc) is 2.97. The maximum absolute atomic E-state index is 12.1. The number of carbonyl (C=O) groups is 1. The van der Waals surface area contributed by atoms with E-state index in [1.165, 1.54) is 5.56 Å². The summed E-state index contributed by atoms with van der Waals surface area (Å²) >= 11 is 0. The Kier molecular flexibility index (Phi) is 6.20. The first-order valence-electron chi connectivity index (χ1n) is 8.39. The molecule has 1 heterocycles. The number of nitrogens with one attached hydrogen (secondary N) is 1. The smallest absolute Gasteiger partial charge is 0.240 e. The summed E-state index contributed by atoms with van der Waals surface area (Å²) in [5.74, 6) is 1.06. The Morgan fingerprint density at radius 2 is 1.96 bits per heavy atom. The molecule has 1 aromatic heterocycles. The van der Waals surface area contributed by atoms with E-state index in [-0.39, 0.29) is 17.9 Å². The highest BCUT2D eigenvalue weighted by Gasteiger charge is 2.19. The number of nitrogens with zero attached hydrogens (tertiary/aromatic N) is 2. The van der Waals surface area contributed by atoms with Gasteiger partial charge in [-0.2, -0.15) is 0 Å². The van der Waals surface area contributed by atoms with Gasteiger partial charge in [0.15, 0.2) is 0 Å². The standard InChI is InChI=1S/C19H27N3O3/c1-14-6-8-15(9-7-14)24-11-10-22(5)13-17(23)20-18-12-16(21-25-18)19(2,3)4/h6-9,12H,10-11,13H2,1-5H3,(H,20,23). The van der Waals surface area contributed by atoms with Crippen LogP contribution in [0.3, 0.4) is 0 Å². The van der Waals surface area contributed by atoms with Crippen molar-refractivity contribution >= 4 is 11.8 Å². The van der Waals surface area contributed by atoms with Crippen LogP contribution in [0.15, 0.2) is 34.9 Å². The Hall–Kier alpha value is -2.34. The van der Waals surface area contributed by atoms with Crippen molar-refractivity contribution in [2.45, 2.75) is 33.1 Å². The molecule has 0 radical (unpaired) electrons. The van der Waals surface area contributed by atoms with Crippen LogP contribution in [-0.2, 0) is 10.2 Å². The minimum Gasteiger partial charge on any atom is -0.492 e. The second-order valence-electron chi connectivity index (χ2n) is 7.27. The molecule has 6 heteroatoms. The van der Waals surface area contributed by atoms with Crippen LogP contribution in [0, 0.1) is 6.92 Å². The van der Waals surface area contributed by atoms with Crippen LogP contribution in [0.4, 0.5) is 5.88 Å². The summed E-state index contributed by atoms with van der Waals surface area (Å²) in [5.41, 5.74) is 1.89. The van der Waals surface area contributed by atoms with Crippen molar-refractivity contribution in [1.29, 1.82) is 0 Å². The van der Waals surface area contributed by atoms with E-state index < -0.39 is 0 Å². The third kappa shape index (κ3) is 6.23. The van der Waals surface area contributed by atoms with Crippen molar-refractivity contribution in [3.8, 4) is 5.75 Å². The molecule has 0 bridgehead atoms. The van der Waals surface area contributed by atoms with E-state index in [4.69, 9.17) is 9.26 Å². The lowest BCUT2D eigenvalue weighted by atomic mass is 9.92. The zero-order valence-corrected chi connectivity index (χ0v) is 15.6. The lowest BCUT2D eigenvalue weighted by Gasteiger charge is -2.16. The maximum Gasteiger partial charge on any atom is 0.240 e. The van der Waals surface area contributed by atoms with Gasteiger partial charge < -0.3 is 9.26 Å². The van der Waals surface area contributed by atoms with Crippen LogP contribution >= 0.6 is 0 Å². The lowest BCUT2D eigenvalue weighted by molar-refractivity contribution is -0.117. The molecule has 25 heavy (non-hydrogen) atoms. The summed E-state index contributed by atoms with van der Waals surface area (Å²) in [6.07, 6.45) is 0. The SMILES string of the molecule is Cc1ccc(OCCN(C)CC(=O)Nc2cc(C(C)(C)C)no2)cc1. The molecule has 136 valence electrons. The van der Waals surface area contributed by atoms with E-state index in [2.05, 4.69) is 10.5 Å². The molecule has 0 saturated heterocycles. The number of amides is 1. The van der Waals surface area contributed by atoms with Crippen LogP contribution in [0.25, 0.3) is 0 Å². The number of carbonyl (C=O) groups excluding carboxylic acids is 1. The first-order chi connectivity index (χ1) is 11.7. The predicted octanol–water partition coefficient (Wildman–Crippen LogP) is 3.23. The van der Waals surface area contributed by atoms with Crippen molar-refractivity contribution < 1.29 is 14.1 Å². The molecule has 0 aliphatic heterocycles. The molecule has 0 aliphatic rings. The van der Waals surface area contributed by atoms with Crippen molar-refractivity contribution in [1.82, 2.24) is 10.1 Å². The number of hydrogen-bond donors (Lipinski definition) is 1. The molecule has 1 aromatic carbocycles. The summed E-state index contributed by atoms with van der Waals surface area (Å²) in [7, 11) is 1.87. The van der Waals surface area contributed by atoms with Gasteiger partial charge in [-0.05, 0) is 26.1 Å². The van der Waals surface area contributed by atoms with E-state index >= 15 is 0 Å². The fourth-order valence-electron chi connectivity index (χ4n) is 2.14. The third-order valence-corrected chi connectivity index (χ3v) is 3.72. The largest absolute Gasteiger partial charge is 0.492 e. The minimum atomic E-state index is -0.144. The molecular weight excluding hydrogens is 318 g/mol. The number of ether oxygens (including phenoxy) is 1. The molecule has 6 nitrogen and oxygen atoms in total. The van der Waals surface area contributed by atoms with E-state index in [0.29, 0.717) is 19.0 Å². The first-order valence-corrected chi connectivity index (χ1v) is 8.39. The fourth-order valence-corrected chi connectivity index (χ4v) is 2.14. The normalized spacial score (nSPS) is 11.6. The number of hydrogen-bond acceptors (Lipinski definition) is 5. The quantitative estimate of drug-likeness (QED) is 0.834. The van der Waals surface area contributed by atoms with E-state index in [9.17, 15) is 4.79 Å². The van der Waals surface area contributed by atoms with Gasteiger partial charge in [-0.3, -0.25) is 15.0 Å². The molecule has 0 saturated carbocycles. The minimum absolute atomic E-state index is 0.114. The third-order valence-electron chi connectivity index (χ3n) is 3.72. The molecule has 2 aromatic rings. The van der Waals surface area contributed by atoms with Gasteiger partial charge in [0.1, 0.15) is 12.4 Å². The Bertz CT molecular complexity index is 687. The second kappa shape index (κ2) is 8.16. The number of anilines is 1. The van der Waals surface area contributed by atoms with E-state index in [1.54, 1.807) is 6.07 Å². The first kappa shape index (κ1) is 19.0. The molecule has 1 amide bonds. The van der Waals surface area contributed by atoms with Crippen LogP contribution in [-0.4, -0.2) is 42.7 Å². The summed E-state index contributed by atoms with van der Waals surface area (Å²) < 4.78 is 10.8. The van der Waals surface area contributed by atoms with Gasteiger partial charge in [0, 0.05) is 18.0 Å². The number of benzene rings is 1. The molecule has 0 atom stereocenters. The van der Waals surface area contributed by atoms with Crippen molar-refractivity contribution in [2.75, 3.05) is 32.1 Å². The Labute approximate surface area is 149 Å². The summed E-state index contributed by atoms with van der Waals surface area (Å²) in [5, 5.41) is 6.71. The summed E-state index contributed by atoms with van der Waals surface area (Å²) in [6.45, 7) is 9.57. The van der Waals surface area contributed by atoms with Gasteiger partial charge >= 0.3 is 0 Å². The molecule has 2 rings (SSSR count). The highest BCUT2D eigenvalue weighted by Crippen LogP contribution is 2.23. The average molecular weight is 345 g/mol. The van der Waals surface area contributed by atoms with Crippen LogP contribution in [0.2, 0.25) is 0 Å². The van der Waals surface area contributed by atoms with Gasteiger partial charge in [-0.15, -0.1) is 0 Å². The van der Waals surface area contributed by atoms with Crippen LogP contribution in [0.5, 0.6) is 5.75 Å². The number of rotatable bonds is 7. The molecule has 0 fully saturated rings. The fraction of sp³-hybridized carbons (Fsp3) is 0.474. The monoisotopic (exact) mass is 345 g/mol. The molecule has 0 aliphatic carbocycles. The maximum atomic E-state index is 12.1.